The predicted molar refractivity (Wildman–Crippen MR) is 55.7 cm³/mol. The highest BCUT2D eigenvalue weighted by Crippen LogP contribution is 1.97. The molecule has 0 heterocycles. The van der Waals surface area contributed by atoms with Gasteiger partial charge in [0.05, 0.1) is 0 Å². The fraction of sp³-hybridized carbons (Fsp3) is 0.400. The minimum atomic E-state index is 1.06. The van der Waals surface area contributed by atoms with E-state index in [0.717, 1.165) is 13.0 Å². The van der Waals surface area contributed by atoms with Crippen molar-refractivity contribution in [2.75, 3.05) is 13.6 Å². The Hall–Kier alpha value is -0.288. The van der Waals surface area contributed by atoms with Gasteiger partial charge in [-0.3, -0.25) is 0 Å². The molecule has 0 aliphatic carbocycles. The summed E-state index contributed by atoms with van der Waals surface area (Å²) in [5, 5.41) is 3.12. The van der Waals surface area contributed by atoms with Crippen LogP contribution in [-0.4, -0.2) is 29.9 Å². The van der Waals surface area contributed by atoms with E-state index in [1.165, 1.54) is 5.56 Å². The normalized spacial score (nSPS) is 8.50. The standard InChI is InChI=1S/C9H13N.CH3.Al/c1-10-8-7-9-5-3-2-4-6-9;;/h2-6,10H,7-8H2,1H3;1H3;. The van der Waals surface area contributed by atoms with Gasteiger partial charge in [-0.25, -0.2) is 0 Å². The van der Waals surface area contributed by atoms with E-state index in [9.17, 15) is 0 Å². The first-order valence-electron chi connectivity index (χ1n) is 4.20. The molecule has 12 heavy (non-hydrogen) atoms. The van der Waals surface area contributed by atoms with E-state index in [2.05, 4.69) is 45.9 Å². The van der Waals surface area contributed by atoms with Gasteiger partial charge in [0.25, 0.3) is 0 Å². The fourth-order valence-corrected chi connectivity index (χ4v) is 0.914. The van der Waals surface area contributed by atoms with Crippen molar-refractivity contribution < 1.29 is 0 Å². The van der Waals surface area contributed by atoms with Gasteiger partial charge in [-0.1, -0.05) is 30.3 Å². The molecule has 0 aromatic heterocycles. The third-order valence-corrected chi connectivity index (χ3v) is 1.51. The zero-order valence-corrected chi connectivity index (χ0v) is 9.03. The van der Waals surface area contributed by atoms with E-state index in [1.807, 2.05) is 18.9 Å². The van der Waals surface area contributed by atoms with Crippen LogP contribution in [0.25, 0.3) is 0 Å². The average molecular weight is 177 g/mol. The SMILES string of the molecule is CNCCc1ccccc1.[CH3][Al]. The number of benzene rings is 1. The molecule has 1 aromatic rings. The van der Waals surface area contributed by atoms with Crippen LogP contribution in [0.3, 0.4) is 0 Å². The van der Waals surface area contributed by atoms with Gasteiger partial charge in [0.1, 0.15) is 16.3 Å². The van der Waals surface area contributed by atoms with Crippen molar-refractivity contribution in [1.82, 2.24) is 5.32 Å². The topological polar surface area (TPSA) is 12.0 Å². The Morgan fingerprint density at radius 1 is 1.17 bits per heavy atom. The quantitative estimate of drug-likeness (QED) is 0.692. The minimum Gasteiger partial charge on any atom is -0.319 e. The van der Waals surface area contributed by atoms with Crippen LogP contribution in [0.15, 0.2) is 30.3 Å². The van der Waals surface area contributed by atoms with Gasteiger partial charge >= 0.3 is 0 Å². The largest absolute Gasteiger partial charge is 0.319 e. The third-order valence-electron chi connectivity index (χ3n) is 1.51. The van der Waals surface area contributed by atoms with Crippen LogP contribution in [0.1, 0.15) is 5.56 Å². The van der Waals surface area contributed by atoms with Gasteiger partial charge < -0.3 is 5.32 Å². The maximum absolute atomic E-state index is 3.12. The Labute approximate surface area is 83.6 Å². The van der Waals surface area contributed by atoms with Gasteiger partial charge in [-0.05, 0) is 25.6 Å². The molecule has 0 unspecified atom stereocenters. The molecular formula is C10H16AlN. The summed E-state index contributed by atoms with van der Waals surface area (Å²) in [5.74, 6) is 1.92. The van der Waals surface area contributed by atoms with Crippen LogP contribution >= 0.6 is 0 Å². The second-order valence-electron chi connectivity index (χ2n) is 2.34. The van der Waals surface area contributed by atoms with E-state index >= 15 is 0 Å². The van der Waals surface area contributed by atoms with Crippen molar-refractivity contribution in [3.63, 3.8) is 0 Å². The van der Waals surface area contributed by atoms with Crippen molar-refractivity contribution in [3.05, 3.63) is 35.9 Å². The van der Waals surface area contributed by atoms with Crippen molar-refractivity contribution in [2.24, 2.45) is 0 Å². The summed E-state index contributed by atoms with van der Waals surface area (Å²) in [5.41, 5.74) is 1.40. The van der Waals surface area contributed by atoms with Gasteiger partial charge in [-0.15, -0.1) is 5.79 Å². The number of likely N-dealkylation sites (N-methyl/N-ethyl adjacent to an activating group) is 1. The van der Waals surface area contributed by atoms with Crippen molar-refractivity contribution in [3.8, 4) is 0 Å². The van der Waals surface area contributed by atoms with Crippen LogP contribution in [-0.2, 0) is 6.42 Å². The molecule has 0 amide bonds. The van der Waals surface area contributed by atoms with Crippen molar-refractivity contribution in [2.45, 2.75) is 12.2 Å². The van der Waals surface area contributed by atoms with Crippen LogP contribution in [0.4, 0.5) is 0 Å². The minimum absolute atomic E-state index is 1.06. The molecule has 2 radical (unpaired) electrons. The second-order valence-corrected chi connectivity index (χ2v) is 2.34. The fourth-order valence-electron chi connectivity index (χ4n) is 0.914. The first-order chi connectivity index (χ1) is 5.93. The predicted octanol–water partition coefficient (Wildman–Crippen LogP) is 1.65. The third kappa shape index (κ3) is 5.37. The first-order valence-corrected chi connectivity index (χ1v) is 5.35. The summed E-state index contributed by atoms with van der Waals surface area (Å²) in [7, 11) is 1.98. The van der Waals surface area contributed by atoms with Crippen LogP contribution in [0.5, 0.6) is 0 Å². The lowest BCUT2D eigenvalue weighted by molar-refractivity contribution is 0.792. The maximum Gasteiger partial charge on any atom is 0.112 e. The molecule has 2 heteroatoms. The monoisotopic (exact) mass is 177 g/mol. The summed E-state index contributed by atoms with van der Waals surface area (Å²) in [6.07, 6.45) is 1.12. The molecular weight excluding hydrogens is 161 g/mol. The van der Waals surface area contributed by atoms with E-state index < -0.39 is 0 Å². The summed E-state index contributed by atoms with van der Waals surface area (Å²) < 4.78 is 0. The first kappa shape index (κ1) is 11.7. The number of hydrogen-bond donors (Lipinski definition) is 1. The molecule has 1 rings (SSSR count). The van der Waals surface area contributed by atoms with Gasteiger partial charge in [0.15, 0.2) is 0 Å². The molecule has 0 aliphatic heterocycles. The molecule has 0 saturated heterocycles. The molecule has 0 bridgehead atoms. The Balaban J connectivity index is 0.000000561. The van der Waals surface area contributed by atoms with Crippen molar-refractivity contribution >= 4 is 16.3 Å². The lowest BCUT2D eigenvalue weighted by atomic mass is 10.2. The zero-order valence-electron chi connectivity index (χ0n) is 7.88. The van der Waals surface area contributed by atoms with E-state index in [-0.39, 0.29) is 0 Å². The van der Waals surface area contributed by atoms with Crippen molar-refractivity contribution in [1.29, 1.82) is 0 Å². The van der Waals surface area contributed by atoms with Crippen LogP contribution in [0.2, 0.25) is 5.79 Å². The lowest BCUT2D eigenvalue weighted by Gasteiger charge is -1.97. The maximum atomic E-state index is 3.12. The van der Waals surface area contributed by atoms with E-state index in [4.69, 9.17) is 0 Å². The van der Waals surface area contributed by atoms with Gasteiger partial charge in [-0.2, -0.15) is 0 Å². The summed E-state index contributed by atoms with van der Waals surface area (Å²) in [6, 6.07) is 10.5. The average Bonchev–Trinajstić information content (AvgIpc) is 2.19. The molecule has 0 fully saturated rings. The highest BCUT2D eigenvalue weighted by Gasteiger charge is 1.86. The molecule has 1 nitrogen and oxygen atoms in total. The Bertz CT molecular complexity index is 174. The van der Waals surface area contributed by atoms with Gasteiger partial charge in [0.2, 0.25) is 0 Å². The Kier molecular flexibility index (Phi) is 8.59. The molecule has 1 N–H and O–H groups in total. The molecule has 0 aliphatic rings. The lowest BCUT2D eigenvalue weighted by Crippen LogP contribution is -2.09. The summed E-state index contributed by atoms with van der Waals surface area (Å²) in [6.45, 7) is 1.06. The molecule has 0 saturated carbocycles. The van der Waals surface area contributed by atoms with Crippen LogP contribution in [0, 0.1) is 0 Å². The van der Waals surface area contributed by atoms with Crippen LogP contribution < -0.4 is 5.32 Å². The second kappa shape index (κ2) is 8.81. The highest BCUT2D eigenvalue weighted by atomic mass is 27.0. The number of nitrogens with one attached hydrogen (secondary N) is 1. The van der Waals surface area contributed by atoms with E-state index in [0.29, 0.717) is 0 Å². The summed E-state index contributed by atoms with van der Waals surface area (Å²) in [4.78, 5) is 0. The molecule has 64 valence electrons. The van der Waals surface area contributed by atoms with Gasteiger partial charge in [0, 0.05) is 0 Å². The highest BCUT2D eigenvalue weighted by molar-refractivity contribution is 6.05. The van der Waals surface area contributed by atoms with E-state index in [1.54, 1.807) is 0 Å². The molecule has 1 aromatic carbocycles. The Morgan fingerprint density at radius 2 is 1.75 bits per heavy atom. The molecule has 0 spiro atoms. The summed E-state index contributed by atoms with van der Waals surface area (Å²) >= 11 is 2.42. The molecule has 0 atom stereocenters. The number of rotatable bonds is 3. The Morgan fingerprint density at radius 3 is 2.25 bits per heavy atom. The number of hydrogen-bond acceptors (Lipinski definition) is 1. The zero-order chi connectivity index (χ0) is 9.23. The smallest absolute Gasteiger partial charge is 0.112 e.